The standard InChI is InChI=1S/C14H21NS/c1-14(10-11-4-2-3-5-11)13-12(6-8-15-14)7-9-16-13/h7,9,11,15H,2-6,8,10H2,1H3. The molecule has 1 aromatic heterocycles. The Morgan fingerprint density at radius 1 is 1.44 bits per heavy atom. The maximum absolute atomic E-state index is 3.78. The minimum atomic E-state index is 0.275. The third kappa shape index (κ3) is 1.82. The van der Waals surface area contributed by atoms with E-state index in [2.05, 4.69) is 23.7 Å². The normalized spacial score (nSPS) is 30.6. The largest absolute Gasteiger partial charge is 0.307 e. The molecule has 0 saturated heterocycles. The van der Waals surface area contributed by atoms with Crippen molar-refractivity contribution in [3.05, 3.63) is 21.9 Å². The van der Waals surface area contributed by atoms with E-state index in [-0.39, 0.29) is 5.54 Å². The van der Waals surface area contributed by atoms with E-state index < -0.39 is 0 Å². The number of hydrogen-bond acceptors (Lipinski definition) is 2. The van der Waals surface area contributed by atoms with E-state index in [0.717, 1.165) is 12.5 Å². The second kappa shape index (κ2) is 4.15. The fraction of sp³-hybridized carbons (Fsp3) is 0.714. The summed E-state index contributed by atoms with van der Waals surface area (Å²) in [7, 11) is 0. The minimum absolute atomic E-state index is 0.275. The van der Waals surface area contributed by atoms with Crippen LogP contribution in [0.5, 0.6) is 0 Å². The average Bonchev–Trinajstić information content (AvgIpc) is 2.88. The Bertz CT molecular complexity index is 365. The van der Waals surface area contributed by atoms with Gasteiger partial charge in [-0.2, -0.15) is 0 Å². The van der Waals surface area contributed by atoms with Crippen LogP contribution in [0.25, 0.3) is 0 Å². The first kappa shape index (κ1) is 10.8. The molecule has 0 bridgehead atoms. The summed E-state index contributed by atoms with van der Waals surface area (Å²) in [6.45, 7) is 3.58. The highest BCUT2D eigenvalue weighted by atomic mass is 32.1. The molecule has 1 aliphatic carbocycles. The molecule has 0 amide bonds. The molecule has 88 valence electrons. The van der Waals surface area contributed by atoms with Crippen LogP contribution in [0.15, 0.2) is 11.4 Å². The first-order valence-electron chi connectivity index (χ1n) is 6.60. The molecule has 1 saturated carbocycles. The first-order valence-corrected chi connectivity index (χ1v) is 7.48. The SMILES string of the molecule is CC1(CC2CCCC2)NCCc2ccsc21. The summed E-state index contributed by atoms with van der Waals surface area (Å²) in [5, 5.41) is 6.04. The molecular weight excluding hydrogens is 214 g/mol. The molecule has 1 N–H and O–H groups in total. The molecule has 0 radical (unpaired) electrons. The van der Waals surface area contributed by atoms with Crippen LogP contribution in [0.4, 0.5) is 0 Å². The van der Waals surface area contributed by atoms with Crippen LogP contribution < -0.4 is 5.32 Å². The van der Waals surface area contributed by atoms with Gasteiger partial charge in [0.15, 0.2) is 0 Å². The smallest absolute Gasteiger partial charge is 0.0505 e. The summed E-state index contributed by atoms with van der Waals surface area (Å²) in [5.74, 6) is 0.963. The summed E-state index contributed by atoms with van der Waals surface area (Å²) in [6, 6.07) is 2.33. The molecule has 1 nitrogen and oxygen atoms in total. The number of rotatable bonds is 2. The highest BCUT2D eigenvalue weighted by Gasteiger charge is 2.35. The average molecular weight is 235 g/mol. The maximum Gasteiger partial charge on any atom is 0.0505 e. The van der Waals surface area contributed by atoms with Gasteiger partial charge in [-0.1, -0.05) is 25.7 Å². The van der Waals surface area contributed by atoms with Crippen molar-refractivity contribution in [1.29, 1.82) is 0 Å². The van der Waals surface area contributed by atoms with Gasteiger partial charge in [0.05, 0.1) is 5.54 Å². The third-order valence-corrected chi connectivity index (χ3v) is 5.55. The van der Waals surface area contributed by atoms with Crippen LogP contribution in [-0.2, 0) is 12.0 Å². The van der Waals surface area contributed by atoms with Crippen molar-refractivity contribution in [1.82, 2.24) is 5.32 Å². The number of thiophene rings is 1. The molecule has 1 aliphatic heterocycles. The fourth-order valence-electron chi connectivity index (χ4n) is 3.53. The monoisotopic (exact) mass is 235 g/mol. The zero-order valence-corrected chi connectivity index (χ0v) is 10.9. The quantitative estimate of drug-likeness (QED) is 0.824. The Labute approximate surface area is 102 Å². The molecule has 2 heteroatoms. The van der Waals surface area contributed by atoms with E-state index in [1.807, 2.05) is 11.3 Å². The topological polar surface area (TPSA) is 12.0 Å². The molecule has 1 unspecified atom stereocenters. The Morgan fingerprint density at radius 3 is 3.06 bits per heavy atom. The Kier molecular flexibility index (Phi) is 2.80. The van der Waals surface area contributed by atoms with Gasteiger partial charge in [-0.25, -0.2) is 0 Å². The van der Waals surface area contributed by atoms with Crippen molar-refractivity contribution in [2.45, 2.75) is 51.0 Å². The van der Waals surface area contributed by atoms with Crippen molar-refractivity contribution in [2.75, 3.05) is 6.54 Å². The van der Waals surface area contributed by atoms with Gasteiger partial charge in [-0.3, -0.25) is 0 Å². The molecule has 1 fully saturated rings. The lowest BCUT2D eigenvalue weighted by molar-refractivity contribution is 0.274. The van der Waals surface area contributed by atoms with Gasteiger partial charge >= 0.3 is 0 Å². The molecule has 3 rings (SSSR count). The van der Waals surface area contributed by atoms with E-state index in [1.54, 1.807) is 10.4 Å². The Balaban J connectivity index is 1.82. The molecule has 16 heavy (non-hydrogen) atoms. The van der Waals surface area contributed by atoms with Crippen LogP contribution in [0.1, 0.15) is 49.5 Å². The molecular formula is C14H21NS. The second-order valence-electron chi connectivity index (χ2n) is 5.64. The summed E-state index contributed by atoms with van der Waals surface area (Å²) < 4.78 is 0. The predicted molar refractivity (Wildman–Crippen MR) is 70.0 cm³/mol. The van der Waals surface area contributed by atoms with Gasteiger partial charge in [0.2, 0.25) is 0 Å². The Hall–Kier alpha value is -0.340. The molecule has 2 heterocycles. The van der Waals surface area contributed by atoms with Crippen LogP contribution in [0.2, 0.25) is 0 Å². The van der Waals surface area contributed by atoms with Gasteiger partial charge in [0, 0.05) is 11.4 Å². The number of fused-ring (bicyclic) bond motifs is 1. The molecule has 2 aliphatic rings. The van der Waals surface area contributed by atoms with Crippen molar-refractivity contribution in [2.24, 2.45) is 5.92 Å². The molecule has 1 aromatic rings. The van der Waals surface area contributed by atoms with E-state index in [4.69, 9.17) is 0 Å². The lowest BCUT2D eigenvalue weighted by Gasteiger charge is -2.37. The zero-order chi connectivity index (χ0) is 11.0. The van der Waals surface area contributed by atoms with Gasteiger partial charge < -0.3 is 5.32 Å². The lowest BCUT2D eigenvalue weighted by Crippen LogP contribution is -2.45. The van der Waals surface area contributed by atoms with Crippen molar-refractivity contribution in [3.63, 3.8) is 0 Å². The highest BCUT2D eigenvalue weighted by Crippen LogP contribution is 2.41. The fourth-order valence-corrected chi connectivity index (χ4v) is 4.63. The summed E-state index contributed by atoms with van der Waals surface area (Å²) >= 11 is 1.95. The number of nitrogens with one attached hydrogen (secondary N) is 1. The second-order valence-corrected chi connectivity index (χ2v) is 6.55. The van der Waals surface area contributed by atoms with Gasteiger partial charge in [0.25, 0.3) is 0 Å². The first-order chi connectivity index (χ1) is 7.78. The highest BCUT2D eigenvalue weighted by molar-refractivity contribution is 7.10. The van der Waals surface area contributed by atoms with Gasteiger partial charge in [0.1, 0.15) is 0 Å². The predicted octanol–water partition coefficient (Wildman–Crippen LogP) is 3.69. The summed E-state index contributed by atoms with van der Waals surface area (Å²) in [6.07, 6.45) is 8.39. The van der Waals surface area contributed by atoms with Crippen LogP contribution in [0.3, 0.4) is 0 Å². The van der Waals surface area contributed by atoms with E-state index >= 15 is 0 Å². The van der Waals surface area contributed by atoms with Crippen molar-refractivity contribution in [3.8, 4) is 0 Å². The van der Waals surface area contributed by atoms with E-state index in [9.17, 15) is 0 Å². The van der Waals surface area contributed by atoms with Crippen LogP contribution in [0, 0.1) is 5.92 Å². The van der Waals surface area contributed by atoms with Gasteiger partial charge in [-0.05, 0) is 42.7 Å². The van der Waals surface area contributed by atoms with E-state index in [0.29, 0.717) is 0 Å². The van der Waals surface area contributed by atoms with Crippen LogP contribution in [-0.4, -0.2) is 6.54 Å². The third-order valence-electron chi connectivity index (χ3n) is 4.33. The molecule has 0 spiro atoms. The lowest BCUT2D eigenvalue weighted by atomic mass is 9.82. The summed E-state index contributed by atoms with van der Waals surface area (Å²) in [5.41, 5.74) is 1.88. The van der Waals surface area contributed by atoms with Crippen molar-refractivity contribution >= 4 is 11.3 Å². The molecule has 1 atom stereocenters. The summed E-state index contributed by atoms with van der Waals surface area (Å²) in [4.78, 5) is 1.62. The van der Waals surface area contributed by atoms with Gasteiger partial charge in [-0.15, -0.1) is 11.3 Å². The minimum Gasteiger partial charge on any atom is -0.307 e. The molecule has 0 aromatic carbocycles. The maximum atomic E-state index is 3.78. The number of hydrogen-bond donors (Lipinski definition) is 1. The zero-order valence-electron chi connectivity index (χ0n) is 10.1. The van der Waals surface area contributed by atoms with E-state index in [1.165, 1.54) is 38.5 Å². The van der Waals surface area contributed by atoms with Crippen LogP contribution >= 0.6 is 11.3 Å². The Morgan fingerprint density at radius 2 is 2.25 bits per heavy atom. The van der Waals surface area contributed by atoms with Crippen molar-refractivity contribution < 1.29 is 0 Å².